The van der Waals surface area contributed by atoms with Crippen molar-refractivity contribution in [3.05, 3.63) is 0 Å². The summed E-state index contributed by atoms with van der Waals surface area (Å²) in [6.07, 6.45) is 3.48. The van der Waals surface area contributed by atoms with Crippen LogP contribution in [0.15, 0.2) is 0 Å². The molecule has 2 unspecified atom stereocenters. The van der Waals surface area contributed by atoms with Gasteiger partial charge in [0.25, 0.3) is 0 Å². The third-order valence-corrected chi connectivity index (χ3v) is 3.86. The fourth-order valence-corrected chi connectivity index (χ4v) is 2.34. The highest BCUT2D eigenvalue weighted by molar-refractivity contribution is 4.92. The Hall–Kier alpha value is -0.120. The van der Waals surface area contributed by atoms with Gasteiger partial charge in [0.05, 0.1) is 0 Å². The quantitative estimate of drug-likeness (QED) is 0.693. The summed E-state index contributed by atoms with van der Waals surface area (Å²) in [6, 6.07) is 0.654. The first-order chi connectivity index (χ1) is 8.11. The van der Waals surface area contributed by atoms with Crippen molar-refractivity contribution in [2.75, 3.05) is 32.8 Å². The van der Waals surface area contributed by atoms with E-state index >= 15 is 0 Å². The predicted molar refractivity (Wildman–Crippen MR) is 73.5 cm³/mol. The molecular weight excluding hydrogens is 212 g/mol. The standard InChI is InChI=1S/C14H30N2O/c1-5-9-17-10-7-8-16-12-14(4,6-2)15-11-13(16)3/h13,15H,5-12H2,1-4H3. The molecule has 1 aliphatic rings. The van der Waals surface area contributed by atoms with Gasteiger partial charge < -0.3 is 10.1 Å². The molecular formula is C14H30N2O. The van der Waals surface area contributed by atoms with Gasteiger partial charge in [0.1, 0.15) is 0 Å². The molecule has 1 saturated heterocycles. The fraction of sp³-hybridized carbons (Fsp3) is 1.00. The Labute approximate surface area is 107 Å². The van der Waals surface area contributed by atoms with E-state index in [-0.39, 0.29) is 0 Å². The molecule has 0 saturated carbocycles. The van der Waals surface area contributed by atoms with E-state index in [0.717, 1.165) is 32.6 Å². The Bertz CT molecular complexity index is 210. The Morgan fingerprint density at radius 2 is 2.12 bits per heavy atom. The number of piperazine rings is 1. The molecule has 17 heavy (non-hydrogen) atoms. The molecule has 0 spiro atoms. The van der Waals surface area contributed by atoms with Gasteiger partial charge in [-0.2, -0.15) is 0 Å². The minimum Gasteiger partial charge on any atom is -0.381 e. The van der Waals surface area contributed by atoms with E-state index in [0.29, 0.717) is 11.6 Å². The van der Waals surface area contributed by atoms with Crippen LogP contribution in [0.4, 0.5) is 0 Å². The highest BCUT2D eigenvalue weighted by Crippen LogP contribution is 2.18. The molecule has 0 bridgehead atoms. The summed E-state index contributed by atoms with van der Waals surface area (Å²) in [4.78, 5) is 2.61. The monoisotopic (exact) mass is 242 g/mol. The maximum atomic E-state index is 5.55. The number of hydrogen-bond acceptors (Lipinski definition) is 3. The maximum Gasteiger partial charge on any atom is 0.0478 e. The number of nitrogens with zero attached hydrogens (tertiary/aromatic N) is 1. The van der Waals surface area contributed by atoms with Crippen molar-refractivity contribution in [3.8, 4) is 0 Å². The predicted octanol–water partition coefficient (Wildman–Crippen LogP) is 2.27. The van der Waals surface area contributed by atoms with E-state index in [2.05, 4.69) is 37.9 Å². The molecule has 0 aromatic heterocycles. The van der Waals surface area contributed by atoms with Crippen molar-refractivity contribution in [1.82, 2.24) is 10.2 Å². The molecule has 3 heteroatoms. The highest BCUT2D eigenvalue weighted by atomic mass is 16.5. The van der Waals surface area contributed by atoms with Gasteiger partial charge in [0.2, 0.25) is 0 Å². The summed E-state index contributed by atoms with van der Waals surface area (Å²) in [7, 11) is 0. The first-order valence-corrected chi connectivity index (χ1v) is 7.18. The molecule has 1 N–H and O–H groups in total. The number of ether oxygens (including phenoxy) is 1. The number of nitrogens with one attached hydrogen (secondary N) is 1. The zero-order valence-corrected chi connectivity index (χ0v) is 12.1. The fourth-order valence-electron chi connectivity index (χ4n) is 2.34. The first kappa shape index (κ1) is 14.9. The smallest absolute Gasteiger partial charge is 0.0478 e. The minimum absolute atomic E-state index is 0.302. The van der Waals surface area contributed by atoms with E-state index < -0.39 is 0 Å². The van der Waals surface area contributed by atoms with Gasteiger partial charge in [-0.25, -0.2) is 0 Å². The molecule has 1 rings (SSSR count). The molecule has 0 aromatic rings. The number of hydrogen-bond donors (Lipinski definition) is 1. The normalized spacial score (nSPS) is 30.7. The van der Waals surface area contributed by atoms with Crippen molar-refractivity contribution >= 4 is 0 Å². The average molecular weight is 242 g/mol. The molecule has 0 aromatic carbocycles. The maximum absolute atomic E-state index is 5.55. The third kappa shape index (κ3) is 4.94. The van der Waals surface area contributed by atoms with Crippen LogP contribution in [-0.4, -0.2) is 49.3 Å². The van der Waals surface area contributed by atoms with Gasteiger partial charge in [0, 0.05) is 44.4 Å². The van der Waals surface area contributed by atoms with Crippen LogP contribution in [0.5, 0.6) is 0 Å². The molecule has 102 valence electrons. The average Bonchev–Trinajstić information content (AvgIpc) is 2.33. The van der Waals surface area contributed by atoms with E-state index in [1.165, 1.54) is 19.5 Å². The number of rotatable bonds is 7. The second kappa shape index (κ2) is 7.34. The van der Waals surface area contributed by atoms with Crippen LogP contribution in [0.1, 0.15) is 47.0 Å². The molecule has 1 fully saturated rings. The van der Waals surface area contributed by atoms with Gasteiger partial charge in [-0.1, -0.05) is 13.8 Å². The summed E-state index contributed by atoms with van der Waals surface area (Å²) in [6.45, 7) is 14.3. The second-order valence-corrected chi connectivity index (χ2v) is 5.58. The van der Waals surface area contributed by atoms with Gasteiger partial charge in [-0.15, -0.1) is 0 Å². The molecule has 3 nitrogen and oxygen atoms in total. The lowest BCUT2D eigenvalue weighted by Gasteiger charge is -2.45. The van der Waals surface area contributed by atoms with Crippen LogP contribution in [0.2, 0.25) is 0 Å². The molecule has 2 atom stereocenters. The zero-order valence-electron chi connectivity index (χ0n) is 12.1. The third-order valence-electron chi connectivity index (χ3n) is 3.86. The Morgan fingerprint density at radius 3 is 2.76 bits per heavy atom. The van der Waals surface area contributed by atoms with Crippen molar-refractivity contribution in [3.63, 3.8) is 0 Å². The molecule has 1 aliphatic heterocycles. The van der Waals surface area contributed by atoms with Crippen molar-refractivity contribution in [1.29, 1.82) is 0 Å². The van der Waals surface area contributed by atoms with Crippen LogP contribution in [0, 0.1) is 0 Å². The zero-order chi connectivity index (χ0) is 12.7. The van der Waals surface area contributed by atoms with Crippen LogP contribution >= 0.6 is 0 Å². The SMILES string of the molecule is CCCOCCCN1CC(C)(CC)NCC1C. The second-order valence-electron chi connectivity index (χ2n) is 5.58. The van der Waals surface area contributed by atoms with Crippen LogP contribution in [0.3, 0.4) is 0 Å². The first-order valence-electron chi connectivity index (χ1n) is 7.18. The minimum atomic E-state index is 0.302. The molecule has 0 aliphatic carbocycles. The van der Waals surface area contributed by atoms with Crippen LogP contribution in [0.25, 0.3) is 0 Å². The summed E-state index contributed by atoms with van der Waals surface area (Å²) in [5.74, 6) is 0. The van der Waals surface area contributed by atoms with E-state index in [1.54, 1.807) is 0 Å². The van der Waals surface area contributed by atoms with Crippen molar-refractivity contribution < 1.29 is 4.74 Å². The molecule has 1 heterocycles. The van der Waals surface area contributed by atoms with Gasteiger partial charge in [-0.3, -0.25) is 4.90 Å². The summed E-state index contributed by atoms with van der Waals surface area (Å²) in [5, 5.41) is 3.66. The summed E-state index contributed by atoms with van der Waals surface area (Å²) >= 11 is 0. The van der Waals surface area contributed by atoms with E-state index in [1.807, 2.05) is 0 Å². The summed E-state index contributed by atoms with van der Waals surface area (Å²) < 4.78 is 5.55. The van der Waals surface area contributed by atoms with Crippen LogP contribution in [-0.2, 0) is 4.74 Å². The van der Waals surface area contributed by atoms with Crippen molar-refractivity contribution in [2.45, 2.75) is 58.5 Å². The summed E-state index contributed by atoms with van der Waals surface area (Å²) in [5.41, 5.74) is 0.302. The Morgan fingerprint density at radius 1 is 1.35 bits per heavy atom. The Kier molecular flexibility index (Phi) is 6.45. The van der Waals surface area contributed by atoms with Gasteiger partial charge >= 0.3 is 0 Å². The molecule has 0 radical (unpaired) electrons. The van der Waals surface area contributed by atoms with Crippen LogP contribution < -0.4 is 5.32 Å². The largest absolute Gasteiger partial charge is 0.381 e. The van der Waals surface area contributed by atoms with E-state index in [4.69, 9.17) is 4.74 Å². The van der Waals surface area contributed by atoms with E-state index in [9.17, 15) is 0 Å². The topological polar surface area (TPSA) is 24.5 Å². The van der Waals surface area contributed by atoms with Gasteiger partial charge in [0.15, 0.2) is 0 Å². The molecule has 0 amide bonds. The Balaban J connectivity index is 2.25. The highest BCUT2D eigenvalue weighted by Gasteiger charge is 2.31. The van der Waals surface area contributed by atoms with Crippen molar-refractivity contribution in [2.24, 2.45) is 0 Å². The lowest BCUT2D eigenvalue weighted by molar-refractivity contribution is 0.0729. The van der Waals surface area contributed by atoms with Gasteiger partial charge in [-0.05, 0) is 33.1 Å². The lowest BCUT2D eigenvalue weighted by atomic mass is 9.94. The lowest BCUT2D eigenvalue weighted by Crippen LogP contribution is -2.62.